The van der Waals surface area contributed by atoms with Gasteiger partial charge < -0.3 is 4.74 Å². The van der Waals surface area contributed by atoms with Gasteiger partial charge in [-0.25, -0.2) is 0 Å². The fraction of sp³-hybridized carbons (Fsp3) is 0.364. The van der Waals surface area contributed by atoms with Gasteiger partial charge in [-0.05, 0) is 24.0 Å². The second kappa shape index (κ2) is 7.61. The van der Waals surface area contributed by atoms with Crippen LogP contribution in [0.2, 0.25) is 0 Å². The molecule has 2 aromatic carbocycles. The summed E-state index contributed by atoms with van der Waals surface area (Å²) in [6, 6.07) is 21.6. The molecule has 1 aliphatic heterocycles. The molecule has 1 aliphatic rings. The molecule has 1 atom stereocenters. The van der Waals surface area contributed by atoms with Gasteiger partial charge in [0.05, 0.1) is 12.7 Å². The van der Waals surface area contributed by atoms with E-state index in [1.807, 2.05) is 0 Å². The number of rotatable bonds is 6. The lowest BCUT2D eigenvalue weighted by Gasteiger charge is -2.29. The van der Waals surface area contributed by atoms with Crippen LogP contribution in [0.4, 0.5) is 0 Å². The zero-order chi connectivity index (χ0) is 16.0. The molecule has 1 saturated heterocycles. The first-order valence-corrected chi connectivity index (χ1v) is 8.74. The highest BCUT2D eigenvalue weighted by Crippen LogP contribution is 2.42. The molecular weight excluding hydrogens is 280 g/mol. The van der Waals surface area contributed by atoms with E-state index in [0.29, 0.717) is 0 Å². The number of ether oxygens (including phenoxy) is 1. The Balaban J connectivity index is 1.86. The maximum atomic E-state index is 6.17. The molecule has 1 heteroatoms. The average Bonchev–Trinajstić information content (AvgIpc) is 3.06. The highest BCUT2D eigenvalue weighted by atomic mass is 16.5. The van der Waals surface area contributed by atoms with Crippen LogP contribution >= 0.6 is 0 Å². The molecule has 0 aromatic heterocycles. The Kier molecular flexibility index (Phi) is 5.30. The number of hydrogen-bond acceptors (Lipinski definition) is 1. The van der Waals surface area contributed by atoms with Crippen molar-refractivity contribution in [1.29, 1.82) is 0 Å². The van der Waals surface area contributed by atoms with Crippen molar-refractivity contribution < 1.29 is 4.74 Å². The van der Waals surface area contributed by atoms with Gasteiger partial charge in [0.2, 0.25) is 0 Å². The Bertz CT molecular complexity index is 575. The molecule has 0 amide bonds. The van der Waals surface area contributed by atoms with Crippen LogP contribution in [0.15, 0.2) is 72.8 Å². The quantitative estimate of drug-likeness (QED) is 0.505. The first kappa shape index (κ1) is 16.0. The summed E-state index contributed by atoms with van der Waals surface area (Å²) in [5.74, 6) is 0. The van der Waals surface area contributed by atoms with E-state index >= 15 is 0 Å². The normalized spacial score (nSPS) is 20.1. The molecule has 3 rings (SSSR count). The Hall–Kier alpha value is -1.86. The van der Waals surface area contributed by atoms with E-state index in [1.165, 1.54) is 24.0 Å². The van der Waals surface area contributed by atoms with Crippen molar-refractivity contribution in [1.82, 2.24) is 0 Å². The monoisotopic (exact) mass is 306 g/mol. The number of allylic oxidation sites excluding steroid dienone is 1. The third-order valence-electron chi connectivity index (χ3n) is 4.82. The lowest BCUT2D eigenvalue weighted by Crippen LogP contribution is -2.28. The van der Waals surface area contributed by atoms with Crippen molar-refractivity contribution in [2.24, 2.45) is 0 Å². The second-order valence-corrected chi connectivity index (χ2v) is 6.44. The minimum absolute atomic E-state index is 0.0255. The van der Waals surface area contributed by atoms with Crippen molar-refractivity contribution >= 4 is 0 Å². The number of hydrogen-bond donors (Lipinski definition) is 0. The van der Waals surface area contributed by atoms with E-state index in [1.54, 1.807) is 0 Å². The van der Waals surface area contributed by atoms with Crippen LogP contribution in [0.5, 0.6) is 0 Å². The van der Waals surface area contributed by atoms with Crippen LogP contribution in [0, 0.1) is 0 Å². The SMILES string of the molecule is CCCC/C=C/C1CC(c2ccccc2)(c2ccccc2)CO1. The van der Waals surface area contributed by atoms with E-state index in [-0.39, 0.29) is 11.5 Å². The molecule has 1 unspecified atom stereocenters. The minimum atomic E-state index is -0.0255. The summed E-state index contributed by atoms with van der Waals surface area (Å²) in [4.78, 5) is 0. The third kappa shape index (κ3) is 3.56. The lowest BCUT2D eigenvalue weighted by molar-refractivity contribution is 0.137. The smallest absolute Gasteiger partial charge is 0.0769 e. The Labute approximate surface area is 140 Å². The zero-order valence-corrected chi connectivity index (χ0v) is 13.9. The standard InChI is InChI=1S/C22H26O/c1-2-3-4-11-16-21-17-22(18-23-21,19-12-7-5-8-13-19)20-14-9-6-10-15-20/h5-16,21H,2-4,17-18H2,1H3/b16-11+. The molecule has 1 heterocycles. The highest BCUT2D eigenvalue weighted by Gasteiger charge is 2.42. The molecule has 0 radical (unpaired) electrons. The fourth-order valence-corrected chi connectivity index (χ4v) is 3.49. The van der Waals surface area contributed by atoms with E-state index in [9.17, 15) is 0 Å². The van der Waals surface area contributed by atoms with Crippen LogP contribution in [0.3, 0.4) is 0 Å². The summed E-state index contributed by atoms with van der Waals surface area (Å²) < 4.78 is 6.17. The van der Waals surface area contributed by atoms with Crippen molar-refractivity contribution in [3.8, 4) is 0 Å². The van der Waals surface area contributed by atoms with Gasteiger partial charge in [0, 0.05) is 5.41 Å². The number of benzene rings is 2. The maximum Gasteiger partial charge on any atom is 0.0769 e. The molecule has 0 N–H and O–H groups in total. The highest BCUT2D eigenvalue weighted by molar-refractivity contribution is 5.41. The molecule has 0 bridgehead atoms. The van der Waals surface area contributed by atoms with Crippen molar-refractivity contribution in [3.63, 3.8) is 0 Å². The molecule has 2 aromatic rings. The van der Waals surface area contributed by atoms with Crippen molar-refractivity contribution in [3.05, 3.63) is 83.9 Å². The predicted octanol–water partition coefficient (Wildman–Crippen LogP) is 5.51. The minimum Gasteiger partial charge on any atom is -0.373 e. The van der Waals surface area contributed by atoms with Crippen LogP contribution < -0.4 is 0 Å². The van der Waals surface area contributed by atoms with Crippen molar-refractivity contribution in [2.45, 2.75) is 44.1 Å². The molecular formula is C22H26O. The van der Waals surface area contributed by atoms with Crippen LogP contribution in [-0.4, -0.2) is 12.7 Å². The lowest BCUT2D eigenvalue weighted by atomic mass is 9.73. The third-order valence-corrected chi connectivity index (χ3v) is 4.82. The van der Waals surface area contributed by atoms with Gasteiger partial charge in [0.15, 0.2) is 0 Å². The molecule has 0 aliphatic carbocycles. The number of unbranched alkanes of at least 4 members (excludes halogenated alkanes) is 2. The van der Waals surface area contributed by atoms with Crippen LogP contribution in [-0.2, 0) is 10.2 Å². The zero-order valence-electron chi connectivity index (χ0n) is 13.9. The molecule has 1 fully saturated rings. The van der Waals surface area contributed by atoms with E-state index in [4.69, 9.17) is 4.74 Å². The summed E-state index contributed by atoms with van der Waals surface area (Å²) in [7, 11) is 0. The van der Waals surface area contributed by atoms with Gasteiger partial charge in [-0.15, -0.1) is 0 Å². The van der Waals surface area contributed by atoms with Gasteiger partial charge in [-0.1, -0.05) is 92.6 Å². The predicted molar refractivity (Wildman–Crippen MR) is 96.7 cm³/mol. The first-order valence-electron chi connectivity index (χ1n) is 8.74. The molecule has 0 saturated carbocycles. The Morgan fingerprint density at radius 3 is 2.17 bits per heavy atom. The molecule has 23 heavy (non-hydrogen) atoms. The average molecular weight is 306 g/mol. The van der Waals surface area contributed by atoms with Crippen LogP contribution in [0.25, 0.3) is 0 Å². The van der Waals surface area contributed by atoms with E-state index < -0.39 is 0 Å². The summed E-state index contributed by atoms with van der Waals surface area (Å²) in [6.07, 6.45) is 9.44. The summed E-state index contributed by atoms with van der Waals surface area (Å²) in [5.41, 5.74) is 2.69. The van der Waals surface area contributed by atoms with Gasteiger partial charge in [-0.2, -0.15) is 0 Å². The van der Waals surface area contributed by atoms with Crippen molar-refractivity contribution in [2.75, 3.05) is 6.61 Å². The topological polar surface area (TPSA) is 9.23 Å². The van der Waals surface area contributed by atoms with Gasteiger partial charge >= 0.3 is 0 Å². The first-order chi connectivity index (χ1) is 11.3. The summed E-state index contributed by atoms with van der Waals surface area (Å²) >= 11 is 0. The van der Waals surface area contributed by atoms with Crippen LogP contribution in [0.1, 0.15) is 43.7 Å². The Morgan fingerprint density at radius 1 is 1.00 bits per heavy atom. The van der Waals surface area contributed by atoms with Gasteiger partial charge in [-0.3, -0.25) is 0 Å². The Morgan fingerprint density at radius 2 is 1.61 bits per heavy atom. The second-order valence-electron chi connectivity index (χ2n) is 6.44. The van der Waals surface area contributed by atoms with E-state index in [0.717, 1.165) is 19.4 Å². The summed E-state index contributed by atoms with van der Waals surface area (Å²) in [6.45, 7) is 2.99. The molecule has 1 nitrogen and oxygen atoms in total. The fourth-order valence-electron chi connectivity index (χ4n) is 3.49. The van der Waals surface area contributed by atoms with E-state index in [2.05, 4.69) is 79.7 Å². The largest absolute Gasteiger partial charge is 0.373 e. The van der Waals surface area contributed by atoms with Gasteiger partial charge in [0.25, 0.3) is 0 Å². The molecule has 120 valence electrons. The van der Waals surface area contributed by atoms with Gasteiger partial charge in [0.1, 0.15) is 0 Å². The maximum absolute atomic E-state index is 6.17. The summed E-state index contributed by atoms with van der Waals surface area (Å²) in [5, 5.41) is 0. The molecule has 0 spiro atoms.